The number of aromatic nitrogens is 2. The first kappa shape index (κ1) is 19.4. The predicted molar refractivity (Wildman–Crippen MR) is 93.7 cm³/mol. The van der Waals surface area contributed by atoms with E-state index in [-0.39, 0.29) is 17.1 Å². The molecule has 3 rings (SSSR count). The smallest absolute Gasteiger partial charge is 0.416 e. The summed E-state index contributed by atoms with van der Waals surface area (Å²) < 4.78 is 58.9. The zero-order chi connectivity index (χ0) is 20.3. The molecule has 9 heteroatoms. The molecule has 3 aromatic rings. The Kier molecular flexibility index (Phi) is 5.34. The van der Waals surface area contributed by atoms with Crippen LogP contribution in [-0.2, 0) is 11.0 Å². The summed E-state index contributed by atoms with van der Waals surface area (Å²) in [4.78, 5) is 12.4. The maximum atomic E-state index is 13.1. The summed E-state index contributed by atoms with van der Waals surface area (Å²) in [5, 5.41) is 6.43. The van der Waals surface area contributed by atoms with Gasteiger partial charge in [0.25, 0.3) is 5.91 Å². The molecule has 0 aliphatic carbocycles. The van der Waals surface area contributed by atoms with Gasteiger partial charge in [-0.25, -0.2) is 9.07 Å². The molecule has 1 atom stereocenters. The fourth-order valence-corrected chi connectivity index (χ4v) is 2.43. The molecule has 2 aromatic carbocycles. The highest BCUT2D eigenvalue weighted by Crippen LogP contribution is 2.33. The largest absolute Gasteiger partial charge is 0.481 e. The molecule has 1 N–H and O–H groups in total. The molecule has 5 nitrogen and oxygen atoms in total. The number of nitrogens with zero attached hydrogens (tertiary/aromatic N) is 2. The number of anilines is 1. The third-order valence-corrected chi connectivity index (χ3v) is 3.83. The van der Waals surface area contributed by atoms with Crippen molar-refractivity contribution >= 4 is 11.6 Å². The van der Waals surface area contributed by atoms with Gasteiger partial charge in [0.05, 0.1) is 16.9 Å². The standard InChI is InChI=1S/C19H15F4N3O2/c1-12(28-15-6-4-14(20)5-7-15)18(27)25-16-11-13(19(21,22)23)3-8-17(16)26-10-2-9-24-26/h2-12H,1H3,(H,25,27). The second-order valence-electron chi connectivity index (χ2n) is 5.88. The van der Waals surface area contributed by atoms with Gasteiger partial charge in [0.15, 0.2) is 6.10 Å². The minimum absolute atomic E-state index is 0.0712. The number of nitrogens with one attached hydrogen (secondary N) is 1. The highest BCUT2D eigenvalue weighted by molar-refractivity contribution is 5.96. The summed E-state index contributed by atoms with van der Waals surface area (Å²) in [5.41, 5.74) is -0.718. The minimum Gasteiger partial charge on any atom is -0.481 e. The van der Waals surface area contributed by atoms with Crippen LogP contribution in [-0.4, -0.2) is 21.8 Å². The molecule has 0 saturated carbocycles. The SMILES string of the molecule is CC(Oc1ccc(F)cc1)C(=O)Nc1cc(C(F)(F)F)ccc1-n1cccn1. The third-order valence-electron chi connectivity index (χ3n) is 3.83. The Balaban J connectivity index is 1.84. The molecule has 0 spiro atoms. The van der Waals surface area contributed by atoms with Gasteiger partial charge in [-0.15, -0.1) is 0 Å². The second-order valence-corrected chi connectivity index (χ2v) is 5.88. The van der Waals surface area contributed by atoms with Crippen molar-refractivity contribution in [2.75, 3.05) is 5.32 Å². The molecule has 28 heavy (non-hydrogen) atoms. The van der Waals surface area contributed by atoms with Crippen LogP contribution < -0.4 is 10.1 Å². The van der Waals surface area contributed by atoms with E-state index in [0.29, 0.717) is 0 Å². The van der Waals surface area contributed by atoms with Gasteiger partial charge in [-0.2, -0.15) is 18.3 Å². The van der Waals surface area contributed by atoms with Gasteiger partial charge in [0.2, 0.25) is 0 Å². The summed E-state index contributed by atoms with van der Waals surface area (Å²) in [6, 6.07) is 9.59. The molecule has 0 fully saturated rings. The zero-order valence-corrected chi connectivity index (χ0v) is 14.6. The van der Waals surface area contributed by atoms with E-state index >= 15 is 0 Å². The van der Waals surface area contributed by atoms with Gasteiger partial charge >= 0.3 is 6.18 Å². The lowest BCUT2D eigenvalue weighted by atomic mass is 10.1. The van der Waals surface area contributed by atoms with E-state index < -0.39 is 29.6 Å². The van der Waals surface area contributed by atoms with Gasteiger partial charge in [-0.1, -0.05) is 0 Å². The summed E-state index contributed by atoms with van der Waals surface area (Å²) in [6.45, 7) is 1.43. The number of rotatable bonds is 5. The topological polar surface area (TPSA) is 56.1 Å². The monoisotopic (exact) mass is 393 g/mol. The number of carbonyl (C=O) groups is 1. The first-order valence-corrected chi connectivity index (χ1v) is 8.18. The van der Waals surface area contributed by atoms with Gasteiger partial charge in [0, 0.05) is 12.4 Å². The molecule has 146 valence electrons. The normalized spacial score (nSPS) is 12.5. The summed E-state index contributed by atoms with van der Waals surface area (Å²) >= 11 is 0. The van der Waals surface area contributed by atoms with Crippen molar-refractivity contribution in [2.45, 2.75) is 19.2 Å². The van der Waals surface area contributed by atoms with E-state index in [2.05, 4.69) is 10.4 Å². The molecular weight excluding hydrogens is 378 g/mol. The minimum atomic E-state index is -4.57. The molecule has 0 bridgehead atoms. The molecule has 0 radical (unpaired) electrons. The Morgan fingerprint density at radius 2 is 1.89 bits per heavy atom. The fourth-order valence-electron chi connectivity index (χ4n) is 2.43. The maximum absolute atomic E-state index is 13.1. The van der Waals surface area contributed by atoms with Crippen LogP contribution in [0.3, 0.4) is 0 Å². The van der Waals surface area contributed by atoms with Crippen LogP contribution in [0.1, 0.15) is 12.5 Å². The quantitative estimate of drug-likeness (QED) is 0.653. The van der Waals surface area contributed by atoms with Gasteiger partial charge in [-0.3, -0.25) is 4.79 Å². The van der Waals surface area contributed by atoms with Gasteiger partial charge in [-0.05, 0) is 55.5 Å². The van der Waals surface area contributed by atoms with Gasteiger partial charge in [0.1, 0.15) is 11.6 Å². The van der Waals surface area contributed by atoms with Crippen LogP contribution >= 0.6 is 0 Å². The van der Waals surface area contributed by atoms with Crippen molar-refractivity contribution in [1.82, 2.24) is 9.78 Å². The van der Waals surface area contributed by atoms with Crippen molar-refractivity contribution in [2.24, 2.45) is 0 Å². The number of alkyl halides is 3. The number of amides is 1. The third kappa shape index (κ3) is 4.48. The van der Waals surface area contributed by atoms with Crippen LogP contribution in [0.15, 0.2) is 60.9 Å². The number of hydrogen-bond acceptors (Lipinski definition) is 3. The Bertz CT molecular complexity index is 954. The average molecular weight is 393 g/mol. The van der Waals surface area contributed by atoms with Crippen LogP contribution in [0.2, 0.25) is 0 Å². The van der Waals surface area contributed by atoms with Crippen molar-refractivity contribution in [3.63, 3.8) is 0 Å². The van der Waals surface area contributed by atoms with E-state index in [1.54, 1.807) is 6.07 Å². The number of benzene rings is 2. The van der Waals surface area contributed by atoms with Crippen molar-refractivity contribution < 1.29 is 27.1 Å². The molecular formula is C19H15F4N3O2. The van der Waals surface area contributed by atoms with E-state index in [0.717, 1.165) is 12.1 Å². The van der Waals surface area contributed by atoms with Crippen molar-refractivity contribution in [1.29, 1.82) is 0 Å². The molecule has 1 heterocycles. The highest BCUT2D eigenvalue weighted by atomic mass is 19.4. The highest BCUT2D eigenvalue weighted by Gasteiger charge is 2.31. The van der Waals surface area contributed by atoms with E-state index in [4.69, 9.17) is 4.74 Å². The molecule has 0 saturated heterocycles. The van der Waals surface area contributed by atoms with Crippen LogP contribution in [0.25, 0.3) is 5.69 Å². The number of hydrogen-bond donors (Lipinski definition) is 1. The number of ether oxygens (including phenoxy) is 1. The lowest BCUT2D eigenvalue weighted by Crippen LogP contribution is -2.30. The van der Waals surface area contributed by atoms with Crippen LogP contribution in [0.4, 0.5) is 23.2 Å². The van der Waals surface area contributed by atoms with E-state index in [9.17, 15) is 22.4 Å². The second kappa shape index (κ2) is 7.71. The maximum Gasteiger partial charge on any atom is 0.416 e. The first-order chi connectivity index (χ1) is 13.2. The summed E-state index contributed by atoms with van der Waals surface area (Å²) in [6.07, 6.45) is -2.61. The Morgan fingerprint density at radius 3 is 2.50 bits per heavy atom. The first-order valence-electron chi connectivity index (χ1n) is 8.18. The summed E-state index contributed by atoms with van der Waals surface area (Å²) in [5.74, 6) is -0.880. The van der Waals surface area contributed by atoms with Crippen LogP contribution in [0.5, 0.6) is 5.75 Å². The lowest BCUT2D eigenvalue weighted by molar-refractivity contribution is -0.137. The molecule has 1 unspecified atom stereocenters. The molecule has 1 aromatic heterocycles. The lowest BCUT2D eigenvalue weighted by Gasteiger charge is -2.18. The Morgan fingerprint density at radius 1 is 1.18 bits per heavy atom. The van der Waals surface area contributed by atoms with E-state index in [1.807, 2.05) is 0 Å². The zero-order valence-electron chi connectivity index (χ0n) is 14.6. The molecule has 0 aliphatic rings. The van der Waals surface area contributed by atoms with E-state index in [1.165, 1.54) is 54.3 Å². The Labute approximate surface area is 157 Å². The van der Waals surface area contributed by atoms with Gasteiger partial charge < -0.3 is 10.1 Å². The average Bonchev–Trinajstić information content (AvgIpc) is 3.17. The number of halogens is 4. The fraction of sp³-hybridized carbons (Fsp3) is 0.158. The summed E-state index contributed by atoms with van der Waals surface area (Å²) in [7, 11) is 0. The predicted octanol–water partition coefficient (Wildman–Crippen LogP) is 4.44. The van der Waals surface area contributed by atoms with Crippen molar-refractivity contribution in [3.05, 3.63) is 72.3 Å². The van der Waals surface area contributed by atoms with Crippen molar-refractivity contribution in [3.8, 4) is 11.4 Å². The van der Waals surface area contributed by atoms with Crippen LogP contribution in [0, 0.1) is 5.82 Å². The number of carbonyl (C=O) groups excluding carboxylic acids is 1. The molecule has 0 aliphatic heterocycles. The Hall–Kier alpha value is -3.36. The molecule has 1 amide bonds.